The number of piperidine rings is 1. The lowest BCUT2D eigenvalue weighted by molar-refractivity contribution is 0.189. The van der Waals surface area contributed by atoms with Crippen molar-refractivity contribution in [2.24, 2.45) is 11.7 Å². The molecule has 0 unspecified atom stereocenters. The number of rotatable bonds is 5. The quantitative estimate of drug-likeness (QED) is 0.661. The molecule has 2 nitrogen and oxygen atoms in total. The van der Waals surface area contributed by atoms with Gasteiger partial charge in [-0.15, -0.1) is 0 Å². The molecule has 1 fully saturated rings. The summed E-state index contributed by atoms with van der Waals surface area (Å²) < 4.78 is 0. The first-order valence-corrected chi connectivity index (χ1v) is 5.75. The Morgan fingerprint density at radius 1 is 1.15 bits per heavy atom. The Labute approximate surface area is 82.5 Å². The average Bonchev–Trinajstić information content (AvgIpc) is 2.15. The van der Waals surface area contributed by atoms with Crippen LogP contribution in [0.1, 0.15) is 39.0 Å². The van der Waals surface area contributed by atoms with Crippen LogP contribution < -0.4 is 5.73 Å². The second-order valence-corrected chi connectivity index (χ2v) is 4.37. The third-order valence-corrected chi connectivity index (χ3v) is 3.05. The van der Waals surface area contributed by atoms with E-state index in [1.54, 1.807) is 0 Å². The first kappa shape index (κ1) is 11.0. The average molecular weight is 184 g/mol. The normalized spacial score (nSPS) is 20.8. The third-order valence-electron chi connectivity index (χ3n) is 3.05. The molecule has 13 heavy (non-hydrogen) atoms. The Balaban J connectivity index is 1.96. The van der Waals surface area contributed by atoms with Crippen LogP contribution >= 0.6 is 0 Å². The molecule has 1 saturated heterocycles. The largest absolute Gasteiger partial charge is 0.330 e. The van der Waals surface area contributed by atoms with E-state index in [1.807, 2.05) is 0 Å². The zero-order valence-electron chi connectivity index (χ0n) is 8.97. The van der Waals surface area contributed by atoms with Crippen LogP contribution in [0.3, 0.4) is 0 Å². The highest BCUT2D eigenvalue weighted by Gasteiger charge is 2.14. The molecule has 0 bridgehead atoms. The predicted octanol–water partition coefficient (Wildman–Crippen LogP) is 1.85. The molecule has 0 aromatic rings. The minimum absolute atomic E-state index is 0.858. The van der Waals surface area contributed by atoms with Crippen molar-refractivity contribution in [3.05, 3.63) is 0 Å². The number of unbranched alkanes of at least 4 members (excludes halogenated alkanes) is 2. The number of nitrogens with two attached hydrogens (primary N) is 1. The number of hydrogen-bond donors (Lipinski definition) is 1. The van der Waals surface area contributed by atoms with E-state index in [2.05, 4.69) is 11.8 Å². The molecule has 1 heterocycles. The molecule has 0 saturated carbocycles. The van der Waals surface area contributed by atoms with Gasteiger partial charge in [0.2, 0.25) is 0 Å². The van der Waals surface area contributed by atoms with Crippen LogP contribution in [0.25, 0.3) is 0 Å². The Bertz CT molecular complexity index is 117. The lowest BCUT2D eigenvalue weighted by Crippen LogP contribution is -2.33. The summed E-state index contributed by atoms with van der Waals surface area (Å²) in [7, 11) is 0. The van der Waals surface area contributed by atoms with Crippen LogP contribution in [0.4, 0.5) is 0 Å². The number of likely N-dealkylation sites (tertiary alicyclic amines) is 1. The molecular weight excluding hydrogens is 160 g/mol. The van der Waals surface area contributed by atoms with Crippen LogP contribution in [0.5, 0.6) is 0 Å². The highest BCUT2D eigenvalue weighted by molar-refractivity contribution is 4.68. The van der Waals surface area contributed by atoms with E-state index in [0.717, 1.165) is 12.5 Å². The SMILES string of the molecule is CC1CCN(CCCCCN)CC1. The van der Waals surface area contributed by atoms with E-state index >= 15 is 0 Å². The van der Waals surface area contributed by atoms with E-state index in [1.165, 1.54) is 51.7 Å². The van der Waals surface area contributed by atoms with Gasteiger partial charge in [0.15, 0.2) is 0 Å². The molecule has 0 spiro atoms. The maximum Gasteiger partial charge on any atom is -0.00162 e. The number of hydrogen-bond acceptors (Lipinski definition) is 2. The highest BCUT2D eigenvalue weighted by Crippen LogP contribution is 2.16. The van der Waals surface area contributed by atoms with Gasteiger partial charge in [-0.3, -0.25) is 0 Å². The first-order chi connectivity index (χ1) is 6.33. The van der Waals surface area contributed by atoms with Gasteiger partial charge in [0.05, 0.1) is 0 Å². The molecule has 0 radical (unpaired) electrons. The molecule has 0 amide bonds. The minimum atomic E-state index is 0.858. The minimum Gasteiger partial charge on any atom is -0.330 e. The first-order valence-electron chi connectivity index (χ1n) is 5.75. The second-order valence-electron chi connectivity index (χ2n) is 4.37. The molecule has 0 aromatic carbocycles. The number of nitrogens with zero attached hydrogens (tertiary/aromatic N) is 1. The molecule has 2 heteroatoms. The molecule has 2 N–H and O–H groups in total. The highest BCUT2D eigenvalue weighted by atomic mass is 15.1. The molecule has 1 aliphatic rings. The van der Waals surface area contributed by atoms with Gasteiger partial charge in [0.25, 0.3) is 0 Å². The summed E-state index contributed by atoms with van der Waals surface area (Å²) in [6, 6.07) is 0. The summed E-state index contributed by atoms with van der Waals surface area (Å²) >= 11 is 0. The van der Waals surface area contributed by atoms with Gasteiger partial charge in [-0.1, -0.05) is 13.3 Å². The van der Waals surface area contributed by atoms with Crippen molar-refractivity contribution in [1.29, 1.82) is 0 Å². The molecular formula is C11H24N2. The topological polar surface area (TPSA) is 29.3 Å². The molecule has 1 aliphatic heterocycles. The Morgan fingerprint density at radius 2 is 1.85 bits per heavy atom. The predicted molar refractivity (Wildman–Crippen MR) is 57.7 cm³/mol. The molecule has 0 aromatic heterocycles. The fraction of sp³-hybridized carbons (Fsp3) is 1.00. The summed E-state index contributed by atoms with van der Waals surface area (Å²) in [5, 5.41) is 0. The van der Waals surface area contributed by atoms with Crippen molar-refractivity contribution in [1.82, 2.24) is 4.90 Å². The summed E-state index contributed by atoms with van der Waals surface area (Å²) in [4.78, 5) is 2.61. The Kier molecular flexibility index (Phi) is 5.40. The third kappa shape index (κ3) is 4.63. The van der Waals surface area contributed by atoms with E-state index in [9.17, 15) is 0 Å². The summed E-state index contributed by atoms with van der Waals surface area (Å²) in [5.41, 5.74) is 5.45. The monoisotopic (exact) mass is 184 g/mol. The van der Waals surface area contributed by atoms with E-state index in [0.29, 0.717) is 0 Å². The second kappa shape index (κ2) is 6.39. The zero-order chi connectivity index (χ0) is 9.52. The van der Waals surface area contributed by atoms with Crippen molar-refractivity contribution >= 4 is 0 Å². The van der Waals surface area contributed by atoms with Crippen LogP contribution in [-0.4, -0.2) is 31.1 Å². The lowest BCUT2D eigenvalue weighted by atomic mass is 9.99. The van der Waals surface area contributed by atoms with Crippen LogP contribution in [-0.2, 0) is 0 Å². The van der Waals surface area contributed by atoms with E-state index in [4.69, 9.17) is 5.73 Å². The standard InChI is InChI=1S/C11H24N2/c1-11-5-9-13(10-6-11)8-4-2-3-7-12/h11H,2-10,12H2,1H3. The van der Waals surface area contributed by atoms with Crippen LogP contribution in [0.15, 0.2) is 0 Å². The van der Waals surface area contributed by atoms with Gasteiger partial charge < -0.3 is 10.6 Å². The van der Waals surface area contributed by atoms with E-state index in [-0.39, 0.29) is 0 Å². The summed E-state index contributed by atoms with van der Waals surface area (Å²) in [5.74, 6) is 0.959. The fourth-order valence-corrected chi connectivity index (χ4v) is 1.94. The van der Waals surface area contributed by atoms with Gasteiger partial charge in [-0.2, -0.15) is 0 Å². The van der Waals surface area contributed by atoms with Crippen molar-refractivity contribution < 1.29 is 0 Å². The van der Waals surface area contributed by atoms with Crippen molar-refractivity contribution in [2.45, 2.75) is 39.0 Å². The van der Waals surface area contributed by atoms with Crippen molar-refractivity contribution in [3.63, 3.8) is 0 Å². The van der Waals surface area contributed by atoms with Gasteiger partial charge in [0, 0.05) is 0 Å². The van der Waals surface area contributed by atoms with E-state index < -0.39 is 0 Å². The van der Waals surface area contributed by atoms with Gasteiger partial charge in [-0.05, 0) is 57.8 Å². The van der Waals surface area contributed by atoms with Crippen molar-refractivity contribution in [3.8, 4) is 0 Å². The fourth-order valence-electron chi connectivity index (χ4n) is 1.94. The summed E-state index contributed by atoms with van der Waals surface area (Å²) in [6.07, 6.45) is 6.64. The smallest absolute Gasteiger partial charge is 0.00162 e. The summed E-state index contributed by atoms with van der Waals surface area (Å²) in [6.45, 7) is 7.17. The molecule has 78 valence electrons. The van der Waals surface area contributed by atoms with Gasteiger partial charge in [-0.25, -0.2) is 0 Å². The Morgan fingerprint density at radius 3 is 2.46 bits per heavy atom. The maximum atomic E-state index is 5.45. The molecule has 1 rings (SSSR count). The van der Waals surface area contributed by atoms with Crippen LogP contribution in [0, 0.1) is 5.92 Å². The maximum absolute atomic E-state index is 5.45. The lowest BCUT2D eigenvalue weighted by Gasteiger charge is -2.30. The van der Waals surface area contributed by atoms with Crippen molar-refractivity contribution in [2.75, 3.05) is 26.2 Å². The molecule has 0 atom stereocenters. The van der Waals surface area contributed by atoms with Gasteiger partial charge >= 0.3 is 0 Å². The zero-order valence-corrected chi connectivity index (χ0v) is 8.97. The Hall–Kier alpha value is -0.0800. The van der Waals surface area contributed by atoms with Gasteiger partial charge in [0.1, 0.15) is 0 Å². The molecule has 0 aliphatic carbocycles. The van der Waals surface area contributed by atoms with Crippen LogP contribution in [0.2, 0.25) is 0 Å².